The van der Waals surface area contributed by atoms with Gasteiger partial charge in [-0.2, -0.15) is 0 Å². The Hall–Kier alpha value is -4.45. The second-order valence-electron chi connectivity index (χ2n) is 17.9. The molecule has 3 aromatic rings. The maximum Gasteiger partial charge on any atom is 0.226 e. The van der Waals surface area contributed by atoms with Crippen LogP contribution in [-0.2, 0) is 27.4 Å². The van der Waals surface area contributed by atoms with Crippen LogP contribution in [0.15, 0.2) is 74.1 Å². The SMILES string of the molecule is CCC1C2=CC=NC2=C[NH+]1c1c2c(cc3c(=O)cc(C)oc13)CC(OOCC(O)(Cc1ccc(O)cc1)C(O)C(O)C(O)CO)C(C)(CCC1CNC(=O)C13CCCCC3)O2. The first-order valence-corrected chi connectivity index (χ1v) is 21.5. The number of fused-ring (bicyclic) bond motifs is 3. The van der Waals surface area contributed by atoms with Gasteiger partial charge in [-0.05, 0) is 75.3 Å². The summed E-state index contributed by atoms with van der Waals surface area (Å²) in [7, 11) is 0. The van der Waals surface area contributed by atoms with Crippen LogP contribution in [0.1, 0.15) is 82.1 Å². The number of aliphatic hydroxyl groups is 5. The summed E-state index contributed by atoms with van der Waals surface area (Å²) >= 11 is 0. The number of aliphatic imine (C=N–C) groups is 1. The minimum absolute atomic E-state index is 0.0161. The van der Waals surface area contributed by atoms with Crippen molar-refractivity contribution >= 4 is 28.8 Å². The average Bonchev–Trinajstić information content (AvgIpc) is 3.93. The number of allylic oxidation sites excluding steroid dienone is 1. The summed E-state index contributed by atoms with van der Waals surface area (Å²) in [4.78, 5) is 44.8. The summed E-state index contributed by atoms with van der Waals surface area (Å²) in [6.45, 7) is 4.76. The number of phenols is 1. The summed E-state index contributed by atoms with van der Waals surface area (Å²) in [5, 5.41) is 67.2. The Bertz CT molecular complexity index is 2280. The van der Waals surface area contributed by atoms with Gasteiger partial charge in [0.05, 0.1) is 17.4 Å². The van der Waals surface area contributed by atoms with Gasteiger partial charge in [0.25, 0.3) is 0 Å². The van der Waals surface area contributed by atoms with E-state index in [2.05, 4.69) is 17.2 Å². The van der Waals surface area contributed by atoms with Crippen molar-refractivity contribution in [3.8, 4) is 11.5 Å². The van der Waals surface area contributed by atoms with Crippen molar-refractivity contribution in [3.63, 3.8) is 0 Å². The van der Waals surface area contributed by atoms with Crippen LogP contribution in [0.25, 0.3) is 11.0 Å². The average molecular weight is 845 g/mol. The second-order valence-corrected chi connectivity index (χ2v) is 17.9. The number of hydrogen-bond donors (Lipinski definition) is 8. The number of nitrogens with one attached hydrogen (secondary N) is 2. The monoisotopic (exact) mass is 844 g/mol. The minimum Gasteiger partial charge on any atom is -0.508 e. The molecular weight excluding hydrogens is 787 g/mol. The fraction of sp³-hybridized carbons (Fsp3) is 0.543. The lowest BCUT2D eigenvalue weighted by Gasteiger charge is -2.44. The number of aliphatic hydroxyl groups excluding tert-OH is 4. The molecule has 8 rings (SSSR count). The van der Waals surface area contributed by atoms with Crippen LogP contribution in [0.2, 0.25) is 0 Å². The van der Waals surface area contributed by atoms with Gasteiger partial charge in [-0.15, -0.1) is 0 Å². The predicted molar refractivity (Wildman–Crippen MR) is 223 cm³/mol. The number of nitrogens with zero attached hydrogens (tertiary/aromatic N) is 1. The fourth-order valence-corrected chi connectivity index (χ4v) is 10.4. The van der Waals surface area contributed by atoms with E-state index in [1.165, 1.54) is 30.3 Å². The van der Waals surface area contributed by atoms with Crippen LogP contribution < -0.4 is 20.4 Å². The number of phenolic OH excluding ortho intramolecular Hbond substituents is 1. The van der Waals surface area contributed by atoms with Gasteiger partial charge in [0.15, 0.2) is 11.2 Å². The topological polar surface area (TPSA) is 225 Å². The van der Waals surface area contributed by atoms with E-state index in [1.807, 2.05) is 19.2 Å². The van der Waals surface area contributed by atoms with Crippen molar-refractivity contribution in [1.29, 1.82) is 0 Å². The smallest absolute Gasteiger partial charge is 0.226 e. The largest absolute Gasteiger partial charge is 0.508 e. The Kier molecular flexibility index (Phi) is 12.1. The van der Waals surface area contributed by atoms with Crippen molar-refractivity contribution in [1.82, 2.24) is 5.32 Å². The molecule has 9 unspecified atom stereocenters. The minimum atomic E-state index is -2.27. The van der Waals surface area contributed by atoms with E-state index in [-0.39, 0.29) is 41.9 Å². The first-order chi connectivity index (χ1) is 29.2. The molecule has 15 heteroatoms. The van der Waals surface area contributed by atoms with Gasteiger partial charge >= 0.3 is 0 Å². The molecule has 1 saturated heterocycles. The van der Waals surface area contributed by atoms with Gasteiger partial charge in [0, 0.05) is 49.2 Å². The number of carbonyl (C=O) groups is 1. The van der Waals surface area contributed by atoms with Crippen LogP contribution in [0.5, 0.6) is 11.5 Å². The molecule has 2 aromatic carbocycles. The molecule has 1 saturated carbocycles. The first-order valence-electron chi connectivity index (χ1n) is 21.5. The van der Waals surface area contributed by atoms with Crippen LogP contribution in [0, 0.1) is 18.3 Å². The van der Waals surface area contributed by atoms with Gasteiger partial charge < -0.3 is 45.1 Å². The number of aromatic hydroxyl groups is 1. The quantitative estimate of drug-likeness (QED) is 0.0817. The Morgan fingerprint density at radius 1 is 1.10 bits per heavy atom. The molecule has 8 N–H and O–H groups in total. The molecule has 0 radical (unpaired) electrons. The van der Waals surface area contributed by atoms with E-state index < -0.39 is 54.2 Å². The summed E-state index contributed by atoms with van der Waals surface area (Å²) in [6, 6.07) is 9.07. The molecular formula is C46H58N3O12+. The Morgan fingerprint density at radius 2 is 1.85 bits per heavy atom. The fourth-order valence-electron chi connectivity index (χ4n) is 10.4. The van der Waals surface area contributed by atoms with E-state index in [9.17, 15) is 40.2 Å². The second kappa shape index (κ2) is 17.0. The molecule has 0 bridgehead atoms. The van der Waals surface area contributed by atoms with E-state index in [4.69, 9.17) is 18.9 Å². The number of amides is 1. The van der Waals surface area contributed by atoms with Crippen LogP contribution in [0.4, 0.5) is 5.69 Å². The lowest BCUT2D eigenvalue weighted by molar-refractivity contribution is -0.793. The van der Waals surface area contributed by atoms with E-state index in [0.29, 0.717) is 58.7 Å². The predicted octanol–water partition coefficient (Wildman–Crippen LogP) is 2.50. The normalized spacial score (nSPS) is 27.8. The standard InChI is InChI=1S/C46H57N3O12/c1-4-34-31-13-17-47-33(31)23-49(34)38-40-28(19-32-35(52)18-26(2)59-41(32)38)20-37(44(3,60-40)16-12-29-22-48-43(56)45(29)14-6-5-7-15-45)61-58-25-46(57,42(55)39(54)36(53)24-50)21-27-8-10-30(51)11-9-27/h8-11,13,17-19,23,29,34,36-37,39,42,50-51,53-55,57H,4-7,12,14-16,20-22,24-25H2,1-3H3,(H,48,56)/p+1. The summed E-state index contributed by atoms with van der Waals surface area (Å²) in [6.07, 6.45) is 5.67. The van der Waals surface area contributed by atoms with Crippen molar-refractivity contribution in [3.05, 3.63) is 87.1 Å². The van der Waals surface area contributed by atoms with Gasteiger partial charge in [0.2, 0.25) is 17.2 Å². The molecule has 1 spiro atoms. The highest BCUT2D eigenvalue weighted by molar-refractivity contribution is 5.90. The highest BCUT2D eigenvalue weighted by Gasteiger charge is 2.53. The lowest BCUT2D eigenvalue weighted by atomic mass is 9.65. The molecule has 2 fully saturated rings. The lowest BCUT2D eigenvalue weighted by Crippen LogP contribution is -3.05. The molecule has 9 atom stereocenters. The molecule has 328 valence electrons. The number of rotatable bonds is 15. The van der Waals surface area contributed by atoms with E-state index in [1.54, 1.807) is 19.2 Å². The van der Waals surface area contributed by atoms with Crippen molar-refractivity contribution in [2.45, 2.75) is 127 Å². The molecule has 4 aliphatic heterocycles. The molecule has 1 amide bonds. The number of hydrogen-bond acceptors (Lipinski definition) is 13. The maximum atomic E-state index is 13.7. The third-order valence-electron chi connectivity index (χ3n) is 14.0. The third kappa shape index (κ3) is 7.95. The number of quaternary nitrogens is 1. The number of ether oxygens (including phenoxy) is 1. The summed E-state index contributed by atoms with van der Waals surface area (Å²) in [5.74, 6) is 1.14. The zero-order chi connectivity index (χ0) is 43.3. The Labute approximate surface area is 353 Å². The number of aryl methyl sites for hydroxylation is 1. The van der Waals surface area contributed by atoms with Crippen LogP contribution >= 0.6 is 0 Å². The highest BCUT2D eigenvalue weighted by Crippen LogP contribution is 2.50. The van der Waals surface area contributed by atoms with E-state index in [0.717, 1.165) is 54.7 Å². The zero-order valence-electron chi connectivity index (χ0n) is 34.9. The van der Waals surface area contributed by atoms with Gasteiger partial charge in [-0.3, -0.25) is 19.5 Å². The van der Waals surface area contributed by atoms with Gasteiger partial charge in [-0.1, -0.05) is 38.3 Å². The van der Waals surface area contributed by atoms with Gasteiger partial charge in [0.1, 0.15) is 71.7 Å². The Balaban J connectivity index is 1.17. The van der Waals surface area contributed by atoms with Crippen LogP contribution in [0.3, 0.4) is 0 Å². The number of carbonyl (C=O) groups excluding carboxylic acids is 1. The van der Waals surface area contributed by atoms with Crippen LogP contribution in [-0.4, -0.2) is 104 Å². The van der Waals surface area contributed by atoms with E-state index >= 15 is 0 Å². The highest BCUT2D eigenvalue weighted by atomic mass is 17.2. The Morgan fingerprint density at radius 3 is 2.57 bits per heavy atom. The van der Waals surface area contributed by atoms with Gasteiger partial charge in [-0.25, -0.2) is 9.78 Å². The molecule has 61 heavy (non-hydrogen) atoms. The molecule has 1 aromatic heterocycles. The third-order valence-corrected chi connectivity index (χ3v) is 14.0. The zero-order valence-corrected chi connectivity index (χ0v) is 34.9. The maximum absolute atomic E-state index is 13.7. The first kappa shape index (κ1) is 43.2. The summed E-state index contributed by atoms with van der Waals surface area (Å²) < 4.78 is 13.7. The van der Waals surface area contributed by atoms with Crippen molar-refractivity contribution in [2.24, 2.45) is 16.3 Å². The number of benzene rings is 2. The molecule has 1 aliphatic carbocycles. The van der Waals surface area contributed by atoms with Crippen molar-refractivity contribution in [2.75, 3.05) is 19.8 Å². The molecule has 5 heterocycles. The summed E-state index contributed by atoms with van der Waals surface area (Å²) in [5.41, 5.74) is 0.105. The molecule has 15 nitrogen and oxygen atoms in total. The molecule has 5 aliphatic rings. The van der Waals surface area contributed by atoms with Crippen molar-refractivity contribution < 1.29 is 59.3 Å².